The molecule has 4 heteroatoms. The average Bonchev–Trinajstić information content (AvgIpc) is 2.56. The lowest BCUT2D eigenvalue weighted by Gasteiger charge is -2.05. The fraction of sp³-hybridized carbons (Fsp3) is 0.350. The van der Waals surface area contributed by atoms with Gasteiger partial charge in [-0.3, -0.25) is 0 Å². The lowest BCUT2D eigenvalue weighted by Crippen LogP contribution is -1.97. The molecule has 2 aromatic rings. The highest BCUT2D eigenvalue weighted by Crippen LogP contribution is 2.18. The Balaban J connectivity index is 1.94. The quantitative estimate of drug-likeness (QED) is 0.696. The Labute approximate surface area is 143 Å². The normalized spacial score (nSPS) is 12.3. The van der Waals surface area contributed by atoms with E-state index in [2.05, 4.69) is 16.9 Å². The number of allylic oxidation sites excluding steroid dienone is 1. The maximum absolute atomic E-state index is 11.1. The summed E-state index contributed by atoms with van der Waals surface area (Å²) >= 11 is 0. The topological polar surface area (TPSA) is 52.1 Å². The minimum Gasteiger partial charge on any atom is -0.421 e. The van der Waals surface area contributed by atoms with Crippen LogP contribution in [0.2, 0.25) is 0 Å². The summed E-state index contributed by atoms with van der Waals surface area (Å²) < 4.78 is 5.65. The molecule has 0 aliphatic rings. The molecule has 2 rings (SSSR count). The number of aryl methyl sites for hydroxylation is 1. The highest BCUT2D eigenvalue weighted by Gasteiger charge is 2.02. The number of rotatable bonds is 8. The van der Waals surface area contributed by atoms with Crippen LogP contribution >= 0.6 is 0 Å². The zero-order valence-corrected chi connectivity index (χ0v) is 14.5. The molecule has 0 unspecified atom stereocenters. The first-order valence-corrected chi connectivity index (χ1v) is 8.33. The van der Waals surface area contributed by atoms with Crippen molar-refractivity contribution in [2.45, 2.75) is 40.0 Å². The van der Waals surface area contributed by atoms with E-state index in [1.165, 1.54) is 5.56 Å². The van der Waals surface area contributed by atoms with Gasteiger partial charge in [-0.25, -0.2) is 9.97 Å². The third-order valence-electron chi connectivity index (χ3n) is 3.53. The Morgan fingerprint density at radius 3 is 2.42 bits per heavy atom. The van der Waals surface area contributed by atoms with E-state index in [0.717, 1.165) is 18.4 Å². The van der Waals surface area contributed by atoms with Gasteiger partial charge in [0.2, 0.25) is 11.8 Å². The Morgan fingerprint density at radius 1 is 1.17 bits per heavy atom. The molecule has 0 saturated heterocycles. The number of Topliss-reactive ketones (excluding diaryl/α,β-unsaturated/α-hetero) is 1. The van der Waals surface area contributed by atoms with Crippen LogP contribution in [0.15, 0.2) is 42.7 Å². The molecule has 4 nitrogen and oxygen atoms in total. The summed E-state index contributed by atoms with van der Waals surface area (Å²) in [5, 5.41) is 0. The standard InChI is InChI=1S/C20H24N2O2/c1-4-5-17-8-10-19(21-13-17)24-20-11-9-18(14-22-20)7-6-15(2)12-16(3)23/h6-11,13-15H,4-5,12H2,1-3H3/b7-6+/t15-/m0/s1. The van der Waals surface area contributed by atoms with E-state index in [9.17, 15) is 4.79 Å². The zero-order chi connectivity index (χ0) is 17.4. The number of carbonyl (C=O) groups is 1. The largest absolute Gasteiger partial charge is 0.421 e. The van der Waals surface area contributed by atoms with Gasteiger partial charge in [-0.2, -0.15) is 0 Å². The predicted octanol–water partition coefficient (Wildman–Crippen LogP) is 4.85. The molecule has 0 bridgehead atoms. The van der Waals surface area contributed by atoms with Gasteiger partial charge in [0.15, 0.2) is 0 Å². The van der Waals surface area contributed by atoms with Crippen molar-refractivity contribution in [2.75, 3.05) is 0 Å². The minimum atomic E-state index is 0.200. The van der Waals surface area contributed by atoms with Crippen LogP contribution < -0.4 is 4.74 Å². The molecule has 0 spiro atoms. The number of hydrogen-bond acceptors (Lipinski definition) is 4. The van der Waals surface area contributed by atoms with Crippen LogP contribution in [0.5, 0.6) is 11.8 Å². The predicted molar refractivity (Wildman–Crippen MR) is 96.0 cm³/mol. The molecule has 2 heterocycles. The molecule has 1 atom stereocenters. The van der Waals surface area contributed by atoms with Crippen molar-refractivity contribution >= 4 is 11.9 Å². The molecule has 0 aliphatic carbocycles. The van der Waals surface area contributed by atoms with E-state index < -0.39 is 0 Å². The number of nitrogens with zero attached hydrogens (tertiary/aromatic N) is 2. The molecule has 0 amide bonds. The third-order valence-corrected chi connectivity index (χ3v) is 3.53. The second-order valence-corrected chi connectivity index (χ2v) is 6.03. The first kappa shape index (κ1) is 17.9. The van der Waals surface area contributed by atoms with Crippen LogP contribution in [0, 0.1) is 5.92 Å². The number of pyridine rings is 2. The third kappa shape index (κ3) is 5.95. The summed E-state index contributed by atoms with van der Waals surface area (Å²) in [6.45, 7) is 5.78. The zero-order valence-electron chi connectivity index (χ0n) is 14.5. The van der Waals surface area contributed by atoms with E-state index in [-0.39, 0.29) is 11.7 Å². The molecule has 0 aliphatic heterocycles. The molecule has 24 heavy (non-hydrogen) atoms. The van der Waals surface area contributed by atoms with Crippen LogP contribution in [-0.2, 0) is 11.2 Å². The van der Waals surface area contributed by atoms with Crippen molar-refractivity contribution in [1.82, 2.24) is 9.97 Å². The Hall–Kier alpha value is -2.49. The summed E-state index contributed by atoms with van der Waals surface area (Å²) in [5.74, 6) is 1.48. The van der Waals surface area contributed by atoms with Crippen LogP contribution in [0.25, 0.3) is 6.08 Å². The van der Waals surface area contributed by atoms with Gasteiger partial charge < -0.3 is 9.53 Å². The first-order chi connectivity index (χ1) is 11.6. The van der Waals surface area contributed by atoms with Crippen LogP contribution in [0.3, 0.4) is 0 Å². The van der Waals surface area contributed by atoms with Gasteiger partial charge in [-0.1, -0.05) is 38.5 Å². The molecule has 0 fully saturated rings. The van der Waals surface area contributed by atoms with E-state index in [0.29, 0.717) is 18.2 Å². The van der Waals surface area contributed by atoms with Gasteiger partial charge >= 0.3 is 0 Å². The molecule has 0 saturated carbocycles. The van der Waals surface area contributed by atoms with Crippen molar-refractivity contribution in [3.8, 4) is 11.8 Å². The number of aromatic nitrogens is 2. The molecular formula is C20H24N2O2. The van der Waals surface area contributed by atoms with Crippen LogP contribution in [0.1, 0.15) is 44.7 Å². The van der Waals surface area contributed by atoms with Crippen molar-refractivity contribution in [1.29, 1.82) is 0 Å². The second kappa shape index (κ2) is 8.96. The van der Waals surface area contributed by atoms with Gasteiger partial charge in [-0.05, 0) is 36.5 Å². The van der Waals surface area contributed by atoms with Crippen LogP contribution in [0.4, 0.5) is 0 Å². The van der Waals surface area contributed by atoms with Crippen LogP contribution in [-0.4, -0.2) is 15.8 Å². The average molecular weight is 324 g/mol. The Morgan fingerprint density at radius 2 is 1.88 bits per heavy atom. The minimum absolute atomic E-state index is 0.200. The molecular weight excluding hydrogens is 300 g/mol. The fourth-order valence-electron chi connectivity index (χ4n) is 2.36. The summed E-state index contributed by atoms with van der Waals surface area (Å²) in [7, 11) is 0. The Kier molecular flexibility index (Phi) is 6.67. The Bertz CT molecular complexity index is 676. The van der Waals surface area contributed by atoms with Gasteiger partial charge in [0.05, 0.1) is 0 Å². The van der Waals surface area contributed by atoms with Crippen molar-refractivity contribution in [2.24, 2.45) is 5.92 Å². The summed E-state index contributed by atoms with van der Waals surface area (Å²) in [6, 6.07) is 7.64. The summed E-state index contributed by atoms with van der Waals surface area (Å²) in [4.78, 5) is 19.7. The number of ketones is 1. The lowest BCUT2D eigenvalue weighted by molar-refractivity contribution is -0.117. The summed E-state index contributed by atoms with van der Waals surface area (Å²) in [5.41, 5.74) is 2.18. The van der Waals surface area contributed by atoms with Gasteiger partial charge in [0, 0.05) is 30.9 Å². The molecule has 0 aromatic carbocycles. The SMILES string of the molecule is CCCc1ccc(Oc2ccc(/C=C/[C@H](C)CC(C)=O)cn2)nc1. The van der Waals surface area contributed by atoms with Gasteiger partial charge in [0.25, 0.3) is 0 Å². The summed E-state index contributed by atoms with van der Waals surface area (Å²) in [6.07, 6.45) is 10.3. The number of carbonyl (C=O) groups excluding carboxylic acids is 1. The fourth-order valence-corrected chi connectivity index (χ4v) is 2.36. The lowest BCUT2D eigenvalue weighted by atomic mass is 10.0. The maximum Gasteiger partial charge on any atom is 0.221 e. The monoisotopic (exact) mass is 324 g/mol. The second-order valence-electron chi connectivity index (χ2n) is 6.03. The number of ether oxygens (including phenoxy) is 1. The molecule has 126 valence electrons. The van der Waals surface area contributed by atoms with Gasteiger partial charge in [0.1, 0.15) is 5.78 Å². The smallest absolute Gasteiger partial charge is 0.221 e. The van der Waals surface area contributed by atoms with E-state index >= 15 is 0 Å². The highest BCUT2D eigenvalue weighted by molar-refractivity contribution is 5.76. The first-order valence-electron chi connectivity index (χ1n) is 8.33. The van der Waals surface area contributed by atoms with Crippen molar-refractivity contribution < 1.29 is 9.53 Å². The molecule has 2 aromatic heterocycles. The molecule has 0 N–H and O–H groups in total. The number of hydrogen-bond donors (Lipinski definition) is 0. The van der Waals surface area contributed by atoms with E-state index in [1.807, 2.05) is 49.5 Å². The maximum atomic E-state index is 11.1. The van der Waals surface area contributed by atoms with Crippen molar-refractivity contribution in [3.63, 3.8) is 0 Å². The molecule has 0 radical (unpaired) electrons. The highest BCUT2D eigenvalue weighted by atomic mass is 16.5. The van der Waals surface area contributed by atoms with E-state index in [1.54, 1.807) is 13.1 Å². The van der Waals surface area contributed by atoms with Crippen molar-refractivity contribution in [3.05, 3.63) is 53.9 Å². The van der Waals surface area contributed by atoms with Gasteiger partial charge in [-0.15, -0.1) is 0 Å². The van der Waals surface area contributed by atoms with E-state index in [4.69, 9.17) is 4.74 Å².